The van der Waals surface area contributed by atoms with Crippen LogP contribution in [0.25, 0.3) is 4.96 Å². The first kappa shape index (κ1) is 16.0. The van der Waals surface area contributed by atoms with E-state index in [9.17, 15) is 5.11 Å². The molecule has 0 aliphatic carbocycles. The van der Waals surface area contributed by atoms with Crippen LogP contribution in [0.3, 0.4) is 0 Å². The Labute approximate surface area is 148 Å². The molecule has 1 aliphatic rings. The van der Waals surface area contributed by atoms with E-state index in [0.29, 0.717) is 5.82 Å². The Morgan fingerprint density at radius 2 is 2.08 bits per heavy atom. The van der Waals surface area contributed by atoms with E-state index >= 15 is 0 Å². The predicted molar refractivity (Wildman–Crippen MR) is 95.0 cm³/mol. The highest BCUT2D eigenvalue weighted by Gasteiger charge is 2.34. The molecule has 1 aliphatic heterocycles. The molecule has 0 radical (unpaired) electrons. The predicted octanol–water partition coefficient (Wildman–Crippen LogP) is 3.06. The molecular weight excluding hydrogens is 344 g/mol. The van der Waals surface area contributed by atoms with Gasteiger partial charge in [0.2, 0.25) is 10.8 Å². The monoisotopic (exact) mass is 364 g/mol. The van der Waals surface area contributed by atoms with Crippen LogP contribution in [0.1, 0.15) is 35.5 Å². The normalized spacial score (nSPS) is 23.8. The van der Waals surface area contributed by atoms with Crippen LogP contribution in [0.2, 0.25) is 0 Å². The lowest BCUT2D eigenvalue weighted by Crippen LogP contribution is -2.46. The van der Waals surface area contributed by atoms with Crippen molar-refractivity contribution in [2.45, 2.75) is 39.0 Å². The van der Waals surface area contributed by atoms with Gasteiger partial charge < -0.3 is 9.84 Å². The van der Waals surface area contributed by atoms with Gasteiger partial charge in [-0.15, -0.1) is 16.4 Å². The number of morpholine rings is 1. The average molecular weight is 364 g/mol. The topological polar surface area (TPSA) is 62.9 Å². The molecule has 0 spiro atoms. The van der Waals surface area contributed by atoms with E-state index in [1.54, 1.807) is 15.9 Å². The number of aromatic nitrogens is 3. The smallest absolute Gasteiger partial charge is 0.230 e. The van der Waals surface area contributed by atoms with Gasteiger partial charge in [0.15, 0.2) is 0 Å². The minimum atomic E-state index is 0.00704. The lowest BCUT2D eigenvalue weighted by atomic mass is 10.1. The Balaban J connectivity index is 1.80. The molecule has 0 saturated carbocycles. The molecule has 1 saturated heterocycles. The van der Waals surface area contributed by atoms with Crippen molar-refractivity contribution in [3.8, 4) is 5.88 Å². The second kappa shape index (κ2) is 6.11. The minimum Gasteiger partial charge on any atom is -0.492 e. The van der Waals surface area contributed by atoms with Crippen molar-refractivity contribution in [2.75, 3.05) is 13.1 Å². The third-order valence-electron chi connectivity index (χ3n) is 4.18. The number of fused-ring (bicyclic) bond motifs is 1. The molecule has 3 aromatic heterocycles. The zero-order valence-electron chi connectivity index (χ0n) is 13.8. The van der Waals surface area contributed by atoms with E-state index in [1.807, 2.05) is 6.92 Å². The van der Waals surface area contributed by atoms with Gasteiger partial charge >= 0.3 is 0 Å². The molecule has 8 heteroatoms. The summed E-state index contributed by atoms with van der Waals surface area (Å²) in [6, 6.07) is 4.19. The van der Waals surface area contributed by atoms with Crippen LogP contribution < -0.4 is 0 Å². The number of rotatable bonds is 3. The zero-order chi connectivity index (χ0) is 16.8. The van der Waals surface area contributed by atoms with Gasteiger partial charge in [-0.2, -0.15) is 4.52 Å². The maximum absolute atomic E-state index is 10.8. The quantitative estimate of drug-likeness (QED) is 0.774. The Morgan fingerprint density at radius 1 is 1.33 bits per heavy atom. The van der Waals surface area contributed by atoms with Crippen molar-refractivity contribution in [3.63, 3.8) is 0 Å². The zero-order valence-corrected chi connectivity index (χ0v) is 15.5. The van der Waals surface area contributed by atoms with Crippen molar-refractivity contribution < 1.29 is 9.84 Å². The van der Waals surface area contributed by atoms with Gasteiger partial charge in [-0.3, -0.25) is 4.90 Å². The summed E-state index contributed by atoms with van der Waals surface area (Å²) in [4.78, 5) is 9.64. The van der Waals surface area contributed by atoms with Gasteiger partial charge in [0, 0.05) is 18.0 Å². The highest BCUT2D eigenvalue weighted by Crippen LogP contribution is 2.42. The standard InChI is InChI=1S/C16H20N4O2S2/c1-9-7-19(8-10(2)22-9)13(12-5-4-6-23-12)14-15(21)20-16(24-14)17-11(3)18-20/h4-6,9-10,13,21H,7-8H2,1-3H3/t9-,10+,13-/m1/s1. The maximum atomic E-state index is 10.8. The largest absolute Gasteiger partial charge is 0.492 e. The summed E-state index contributed by atoms with van der Waals surface area (Å²) in [5, 5.41) is 17.1. The molecule has 24 heavy (non-hydrogen) atoms. The molecule has 0 amide bonds. The number of thiophene rings is 1. The highest BCUT2D eigenvalue weighted by atomic mass is 32.1. The van der Waals surface area contributed by atoms with Crippen LogP contribution in [0.5, 0.6) is 5.88 Å². The third-order valence-corrected chi connectivity index (χ3v) is 6.18. The average Bonchev–Trinajstić information content (AvgIpc) is 3.20. The molecule has 128 valence electrons. The molecule has 1 N–H and O–H groups in total. The Hall–Kier alpha value is -1.48. The van der Waals surface area contributed by atoms with Gasteiger partial charge in [-0.1, -0.05) is 17.4 Å². The molecule has 4 heterocycles. The lowest BCUT2D eigenvalue weighted by molar-refractivity contribution is -0.0761. The van der Waals surface area contributed by atoms with E-state index < -0.39 is 0 Å². The number of hydrogen-bond acceptors (Lipinski definition) is 7. The minimum absolute atomic E-state index is 0.00704. The number of nitrogens with zero attached hydrogens (tertiary/aromatic N) is 4. The summed E-state index contributed by atoms with van der Waals surface area (Å²) in [6.45, 7) is 7.69. The fraction of sp³-hybridized carbons (Fsp3) is 0.500. The number of aryl methyl sites for hydroxylation is 1. The summed E-state index contributed by atoms with van der Waals surface area (Å²) < 4.78 is 7.43. The lowest BCUT2D eigenvalue weighted by Gasteiger charge is -2.39. The fourth-order valence-electron chi connectivity index (χ4n) is 3.38. The third kappa shape index (κ3) is 2.73. The summed E-state index contributed by atoms with van der Waals surface area (Å²) in [5.74, 6) is 0.866. The van der Waals surface area contributed by atoms with Crippen LogP contribution in [0.4, 0.5) is 0 Å². The SMILES string of the molecule is Cc1nc2sc([C@@H](c3cccs3)N3C[C@@H](C)O[C@@H](C)C3)c(O)n2n1. The second-order valence-electron chi connectivity index (χ2n) is 6.27. The van der Waals surface area contributed by atoms with Crippen LogP contribution in [-0.2, 0) is 4.74 Å². The molecule has 3 atom stereocenters. The summed E-state index contributed by atoms with van der Waals surface area (Å²) >= 11 is 3.22. The Bertz CT molecular complexity index is 832. The maximum Gasteiger partial charge on any atom is 0.230 e. The van der Waals surface area contributed by atoms with Crippen molar-refractivity contribution in [2.24, 2.45) is 0 Å². The van der Waals surface area contributed by atoms with E-state index in [0.717, 1.165) is 22.9 Å². The van der Waals surface area contributed by atoms with E-state index in [-0.39, 0.29) is 24.1 Å². The van der Waals surface area contributed by atoms with Crippen molar-refractivity contribution >= 4 is 27.6 Å². The molecule has 0 unspecified atom stereocenters. The molecule has 4 rings (SSSR count). The number of ether oxygens (including phenoxy) is 1. The Morgan fingerprint density at radius 3 is 2.71 bits per heavy atom. The first-order valence-electron chi connectivity index (χ1n) is 8.01. The van der Waals surface area contributed by atoms with Crippen LogP contribution >= 0.6 is 22.7 Å². The summed E-state index contributed by atoms with van der Waals surface area (Å²) in [5.41, 5.74) is 0. The summed E-state index contributed by atoms with van der Waals surface area (Å²) in [6.07, 6.45) is 0.338. The molecule has 0 aromatic carbocycles. The van der Waals surface area contributed by atoms with Gasteiger partial charge in [-0.05, 0) is 32.2 Å². The molecule has 3 aromatic rings. The van der Waals surface area contributed by atoms with Crippen LogP contribution in [-0.4, -0.2) is 49.9 Å². The number of hydrogen-bond donors (Lipinski definition) is 1. The van der Waals surface area contributed by atoms with E-state index in [2.05, 4.69) is 46.3 Å². The van der Waals surface area contributed by atoms with Crippen molar-refractivity contribution in [1.29, 1.82) is 0 Å². The van der Waals surface area contributed by atoms with Gasteiger partial charge in [0.1, 0.15) is 5.82 Å². The van der Waals surface area contributed by atoms with E-state index in [4.69, 9.17) is 4.74 Å². The molecule has 1 fully saturated rings. The molecule has 0 bridgehead atoms. The fourth-order valence-corrected chi connectivity index (χ4v) is 5.47. The first-order valence-corrected chi connectivity index (χ1v) is 9.70. The van der Waals surface area contributed by atoms with Crippen LogP contribution in [0.15, 0.2) is 17.5 Å². The van der Waals surface area contributed by atoms with Gasteiger partial charge in [0.25, 0.3) is 0 Å². The van der Waals surface area contributed by atoms with E-state index in [1.165, 1.54) is 16.2 Å². The van der Waals surface area contributed by atoms with Crippen LogP contribution in [0, 0.1) is 6.92 Å². The number of thiazole rings is 1. The van der Waals surface area contributed by atoms with Crippen molar-refractivity contribution in [1.82, 2.24) is 19.5 Å². The molecular formula is C16H20N4O2S2. The van der Waals surface area contributed by atoms with Gasteiger partial charge in [0.05, 0.1) is 23.1 Å². The van der Waals surface area contributed by atoms with Gasteiger partial charge in [-0.25, -0.2) is 4.98 Å². The number of aromatic hydroxyl groups is 1. The van der Waals surface area contributed by atoms with Crippen molar-refractivity contribution in [3.05, 3.63) is 33.1 Å². The summed E-state index contributed by atoms with van der Waals surface area (Å²) in [7, 11) is 0. The molecule has 6 nitrogen and oxygen atoms in total. The highest BCUT2D eigenvalue weighted by molar-refractivity contribution is 7.17. The Kier molecular flexibility index (Phi) is 4.07. The second-order valence-corrected chi connectivity index (χ2v) is 8.26. The first-order chi connectivity index (χ1) is 11.5.